The first kappa shape index (κ1) is 18.7. The van der Waals surface area contributed by atoms with E-state index in [1.807, 2.05) is 57.9 Å². The Labute approximate surface area is 178 Å². The van der Waals surface area contributed by atoms with Gasteiger partial charge in [-0.15, -0.1) is 0 Å². The fraction of sp³-hybridized carbons (Fsp3) is 0.0870. The SMILES string of the molecule is Nc1ncnc2c1c(-c1ccc(O)cc1)cn2-c1ccc(OCCn2ccnc2)cc1. The van der Waals surface area contributed by atoms with E-state index in [9.17, 15) is 5.11 Å². The lowest BCUT2D eigenvalue weighted by molar-refractivity contribution is 0.298. The molecule has 0 amide bonds. The van der Waals surface area contributed by atoms with Crippen LogP contribution in [-0.4, -0.2) is 35.8 Å². The van der Waals surface area contributed by atoms with E-state index in [2.05, 4.69) is 15.0 Å². The predicted octanol–water partition coefficient (Wildman–Crippen LogP) is 3.65. The summed E-state index contributed by atoms with van der Waals surface area (Å²) in [4.78, 5) is 12.7. The van der Waals surface area contributed by atoms with Gasteiger partial charge in [-0.3, -0.25) is 0 Å². The van der Waals surface area contributed by atoms with Crippen molar-refractivity contribution < 1.29 is 9.84 Å². The number of ether oxygens (including phenoxy) is 1. The second-order valence-electron chi connectivity index (χ2n) is 7.06. The van der Waals surface area contributed by atoms with Gasteiger partial charge >= 0.3 is 0 Å². The van der Waals surface area contributed by atoms with E-state index in [4.69, 9.17) is 10.5 Å². The third-order valence-corrected chi connectivity index (χ3v) is 5.08. The molecule has 0 spiro atoms. The van der Waals surface area contributed by atoms with Crippen LogP contribution in [0.3, 0.4) is 0 Å². The number of nitrogens with zero attached hydrogens (tertiary/aromatic N) is 5. The molecular weight excluding hydrogens is 392 g/mol. The van der Waals surface area contributed by atoms with E-state index in [1.54, 1.807) is 24.7 Å². The van der Waals surface area contributed by atoms with E-state index in [0.29, 0.717) is 18.1 Å². The lowest BCUT2D eigenvalue weighted by atomic mass is 10.1. The molecule has 0 aliphatic carbocycles. The van der Waals surface area contributed by atoms with E-state index >= 15 is 0 Å². The van der Waals surface area contributed by atoms with Crippen molar-refractivity contribution in [2.45, 2.75) is 6.54 Å². The van der Waals surface area contributed by atoms with Gasteiger partial charge in [0.2, 0.25) is 0 Å². The second-order valence-corrected chi connectivity index (χ2v) is 7.06. The molecule has 3 N–H and O–H groups in total. The number of benzene rings is 2. The predicted molar refractivity (Wildman–Crippen MR) is 118 cm³/mol. The lowest BCUT2D eigenvalue weighted by Crippen LogP contribution is -2.06. The average Bonchev–Trinajstić information content (AvgIpc) is 3.44. The maximum Gasteiger partial charge on any atom is 0.150 e. The standard InChI is InChI=1S/C23H20N6O2/c24-22-21-20(16-1-5-18(30)6-2-16)13-29(23(21)27-14-26-22)17-3-7-19(8-4-17)31-12-11-28-10-9-25-15-28/h1-10,13-15,30H,11-12H2,(H2,24,26,27). The molecule has 0 aliphatic rings. The van der Waals surface area contributed by atoms with Gasteiger partial charge in [0.05, 0.1) is 18.3 Å². The fourth-order valence-corrected chi connectivity index (χ4v) is 3.53. The number of anilines is 1. The quantitative estimate of drug-likeness (QED) is 0.441. The summed E-state index contributed by atoms with van der Waals surface area (Å²) in [5.74, 6) is 1.40. The zero-order valence-corrected chi connectivity index (χ0v) is 16.6. The third kappa shape index (κ3) is 3.66. The maximum absolute atomic E-state index is 9.63. The van der Waals surface area contributed by atoms with Crippen molar-refractivity contribution in [3.8, 4) is 28.3 Å². The van der Waals surface area contributed by atoms with Crippen LogP contribution < -0.4 is 10.5 Å². The normalized spacial score (nSPS) is 11.1. The highest BCUT2D eigenvalue weighted by atomic mass is 16.5. The Balaban J connectivity index is 1.46. The molecule has 3 heterocycles. The zero-order chi connectivity index (χ0) is 21.2. The number of rotatable bonds is 6. The fourth-order valence-electron chi connectivity index (χ4n) is 3.53. The summed E-state index contributed by atoms with van der Waals surface area (Å²) >= 11 is 0. The lowest BCUT2D eigenvalue weighted by Gasteiger charge is -2.09. The Morgan fingerprint density at radius 1 is 1.00 bits per heavy atom. The topological polar surface area (TPSA) is 104 Å². The van der Waals surface area contributed by atoms with Crippen molar-refractivity contribution in [2.24, 2.45) is 0 Å². The molecule has 5 rings (SSSR count). The molecule has 5 aromatic rings. The minimum Gasteiger partial charge on any atom is -0.508 e. The van der Waals surface area contributed by atoms with E-state index < -0.39 is 0 Å². The molecule has 0 fully saturated rings. The van der Waals surface area contributed by atoms with Crippen LogP contribution in [0.25, 0.3) is 27.8 Å². The smallest absolute Gasteiger partial charge is 0.150 e. The number of nitrogen functional groups attached to an aromatic ring is 1. The minimum absolute atomic E-state index is 0.209. The number of aromatic nitrogens is 5. The Morgan fingerprint density at radius 2 is 1.81 bits per heavy atom. The number of phenols is 1. The van der Waals surface area contributed by atoms with Crippen molar-refractivity contribution in [2.75, 3.05) is 12.3 Å². The largest absolute Gasteiger partial charge is 0.508 e. The van der Waals surface area contributed by atoms with Gasteiger partial charge in [0, 0.05) is 29.8 Å². The second kappa shape index (κ2) is 7.83. The highest BCUT2D eigenvalue weighted by Crippen LogP contribution is 2.35. The average molecular weight is 412 g/mol. The highest BCUT2D eigenvalue weighted by Gasteiger charge is 2.16. The number of fused-ring (bicyclic) bond motifs is 1. The maximum atomic E-state index is 9.63. The number of aromatic hydroxyl groups is 1. The molecule has 2 aromatic carbocycles. The summed E-state index contributed by atoms with van der Waals surface area (Å²) in [7, 11) is 0. The van der Waals surface area contributed by atoms with Crippen molar-refractivity contribution in [1.82, 2.24) is 24.1 Å². The van der Waals surface area contributed by atoms with Gasteiger partial charge in [0.25, 0.3) is 0 Å². The van der Waals surface area contributed by atoms with E-state index in [-0.39, 0.29) is 5.75 Å². The van der Waals surface area contributed by atoms with E-state index in [0.717, 1.165) is 34.5 Å². The molecule has 0 aliphatic heterocycles. The molecule has 0 saturated heterocycles. The van der Waals surface area contributed by atoms with Crippen LogP contribution in [0.1, 0.15) is 0 Å². The summed E-state index contributed by atoms with van der Waals surface area (Å²) < 4.78 is 9.78. The monoisotopic (exact) mass is 412 g/mol. The highest BCUT2D eigenvalue weighted by molar-refractivity contribution is 6.01. The van der Waals surface area contributed by atoms with Crippen molar-refractivity contribution >= 4 is 16.9 Å². The molecule has 154 valence electrons. The van der Waals surface area contributed by atoms with E-state index in [1.165, 1.54) is 6.33 Å². The first-order chi connectivity index (χ1) is 15.2. The molecule has 0 bridgehead atoms. The molecule has 0 radical (unpaired) electrons. The Bertz CT molecular complexity index is 1310. The van der Waals surface area contributed by atoms with Gasteiger partial charge in [0.1, 0.15) is 30.3 Å². The number of imidazole rings is 1. The third-order valence-electron chi connectivity index (χ3n) is 5.08. The Morgan fingerprint density at radius 3 is 2.55 bits per heavy atom. The van der Waals surface area contributed by atoms with Crippen LogP contribution in [0.4, 0.5) is 5.82 Å². The minimum atomic E-state index is 0.209. The van der Waals surface area contributed by atoms with Gasteiger partial charge in [0.15, 0.2) is 5.65 Å². The Hall–Kier alpha value is -4.33. The molecule has 0 atom stereocenters. The van der Waals surface area contributed by atoms with Crippen molar-refractivity contribution in [3.05, 3.63) is 79.8 Å². The number of hydrogen-bond donors (Lipinski definition) is 2. The number of hydrogen-bond acceptors (Lipinski definition) is 6. The van der Waals surface area contributed by atoms with Crippen LogP contribution >= 0.6 is 0 Å². The summed E-state index contributed by atoms with van der Waals surface area (Å²) in [5, 5.41) is 10.4. The molecule has 0 saturated carbocycles. The summed E-state index contributed by atoms with van der Waals surface area (Å²) in [6.07, 6.45) is 8.87. The van der Waals surface area contributed by atoms with Crippen LogP contribution in [0.2, 0.25) is 0 Å². The van der Waals surface area contributed by atoms with Crippen LogP contribution in [0.15, 0.2) is 79.8 Å². The summed E-state index contributed by atoms with van der Waals surface area (Å²) in [5.41, 5.74) is 9.65. The van der Waals surface area contributed by atoms with Crippen LogP contribution in [0, 0.1) is 0 Å². The molecular formula is C23H20N6O2. The van der Waals surface area contributed by atoms with Gasteiger partial charge in [-0.2, -0.15) is 0 Å². The molecule has 3 aromatic heterocycles. The Kier molecular flexibility index (Phi) is 4.72. The first-order valence-corrected chi connectivity index (χ1v) is 9.79. The molecule has 8 nitrogen and oxygen atoms in total. The summed E-state index contributed by atoms with van der Waals surface area (Å²) in [6, 6.07) is 14.8. The first-order valence-electron chi connectivity index (χ1n) is 9.79. The number of nitrogens with two attached hydrogens (primary N) is 1. The molecule has 31 heavy (non-hydrogen) atoms. The van der Waals surface area contributed by atoms with Crippen molar-refractivity contribution in [1.29, 1.82) is 0 Å². The van der Waals surface area contributed by atoms with Crippen LogP contribution in [0.5, 0.6) is 11.5 Å². The van der Waals surface area contributed by atoms with Crippen LogP contribution in [-0.2, 0) is 6.54 Å². The molecule has 8 heteroatoms. The number of phenolic OH excluding ortho intramolecular Hbond substituents is 1. The van der Waals surface area contributed by atoms with Gasteiger partial charge in [-0.25, -0.2) is 15.0 Å². The zero-order valence-electron chi connectivity index (χ0n) is 16.6. The van der Waals surface area contributed by atoms with Gasteiger partial charge in [-0.05, 0) is 42.0 Å². The van der Waals surface area contributed by atoms with Crippen molar-refractivity contribution in [3.63, 3.8) is 0 Å². The van der Waals surface area contributed by atoms with Gasteiger partial charge < -0.3 is 24.7 Å². The van der Waals surface area contributed by atoms with Gasteiger partial charge in [-0.1, -0.05) is 12.1 Å². The summed E-state index contributed by atoms with van der Waals surface area (Å²) in [6.45, 7) is 1.28. The molecule has 0 unspecified atom stereocenters.